The monoisotopic (exact) mass is 316 g/mol. The number of nitrogens with zero attached hydrogens (tertiary/aromatic N) is 2. The molecule has 2 saturated heterocycles. The van der Waals surface area contributed by atoms with Crippen molar-refractivity contribution in [2.24, 2.45) is 5.92 Å². The Morgan fingerprint density at radius 2 is 2.05 bits per heavy atom. The van der Waals surface area contributed by atoms with E-state index in [0.717, 1.165) is 44.5 Å². The van der Waals surface area contributed by atoms with Gasteiger partial charge >= 0.3 is 0 Å². The summed E-state index contributed by atoms with van der Waals surface area (Å²) < 4.78 is 6.60. The van der Waals surface area contributed by atoms with Crippen LogP contribution >= 0.6 is 11.3 Å². The minimum atomic E-state index is 0.0963. The van der Waals surface area contributed by atoms with Crippen molar-refractivity contribution in [1.82, 2.24) is 9.88 Å². The summed E-state index contributed by atoms with van der Waals surface area (Å²) >= 11 is 1.80. The van der Waals surface area contributed by atoms with Crippen LogP contribution in [0.1, 0.15) is 30.2 Å². The molecule has 0 bridgehead atoms. The number of benzene rings is 1. The molecule has 3 heterocycles. The van der Waals surface area contributed by atoms with Gasteiger partial charge in [-0.2, -0.15) is 0 Å². The molecule has 1 amide bonds. The summed E-state index contributed by atoms with van der Waals surface area (Å²) in [6.07, 6.45) is 2.94. The van der Waals surface area contributed by atoms with Crippen molar-refractivity contribution in [2.45, 2.75) is 25.2 Å². The van der Waals surface area contributed by atoms with Crippen LogP contribution in [0.4, 0.5) is 0 Å². The molecule has 0 saturated carbocycles. The number of likely N-dealkylation sites (tertiary alicyclic amines) is 1. The van der Waals surface area contributed by atoms with E-state index in [2.05, 4.69) is 18.2 Å². The first kappa shape index (κ1) is 14.2. The van der Waals surface area contributed by atoms with Gasteiger partial charge in [0.15, 0.2) is 0 Å². The molecule has 2 fully saturated rings. The summed E-state index contributed by atoms with van der Waals surface area (Å²) in [5.41, 5.74) is 1.10. The summed E-state index contributed by atoms with van der Waals surface area (Å²) in [7, 11) is 0. The number of carbonyl (C=O) groups is 1. The molecule has 0 unspecified atom stereocenters. The highest BCUT2D eigenvalue weighted by molar-refractivity contribution is 7.18. The normalized spacial score (nSPS) is 23.3. The molecule has 0 N–H and O–H groups in total. The predicted octanol–water partition coefficient (Wildman–Crippen LogP) is 3.04. The quantitative estimate of drug-likeness (QED) is 0.855. The van der Waals surface area contributed by atoms with Gasteiger partial charge in [0.1, 0.15) is 0 Å². The summed E-state index contributed by atoms with van der Waals surface area (Å²) in [5, 5.41) is 1.23. The molecule has 2 aliphatic heterocycles. The van der Waals surface area contributed by atoms with E-state index in [1.807, 2.05) is 11.0 Å². The van der Waals surface area contributed by atoms with Crippen LogP contribution in [0, 0.1) is 5.92 Å². The van der Waals surface area contributed by atoms with Crippen molar-refractivity contribution < 1.29 is 9.53 Å². The van der Waals surface area contributed by atoms with E-state index in [9.17, 15) is 4.79 Å². The number of hydrogen-bond acceptors (Lipinski definition) is 4. The smallest absolute Gasteiger partial charge is 0.228 e. The second-order valence-corrected chi connectivity index (χ2v) is 7.24. The molecule has 1 atom stereocenters. The van der Waals surface area contributed by atoms with Gasteiger partial charge in [-0.3, -0.25) is 4.79 Å². The highest BCUT2D eigenvalue weighted by Crippen LogP contribution is 2.34. The number of thiazole rings is 1. The lowest BCUT2D eigenvalue weighted by Gasteiger charge is -2.32. The van der Waals surface area contributed by atoms with E-state index in [-0.39, 0.29) is 5.92 Å². The van der Waals surface area contributed by atoms with E-state index in [4.69, 9.17) is 9.72 Å². The molecule has 1 aromatic heterocycles. The number of para-hydroxylation sites is 1. The third-order valence-electron chi connectivity index (χ3n) is 4.75. The van der Waals surface area contributed by atoms with Gasteiger partial charge in [0.05, 0.1) is 27.7 Å². The van der Waals surface area contributed by atoms with Crippen LogP contribution in [0.2, 0.25) is 0 Å². The number of fused-ring (bicyclic) bond motifs is 1. The minimum Gasteiger partial charge on any atom is -0.381 e. The minimum absolute atomic E-state index is 0.0963. The average Bonchev–Trinajstić information content (AvgIpc) is 3.23. The van der Waals surface area contributed by atoms with Gasteiger partial charge in [0.25, 0.3) is 0 Å². The first-order valence-corrected chi connectivity index (χ1v) is 8.85. The second kappa shape index (κ2) is 5.97. The first-order valence-electron chi connectivity index (χ1n) is 8.03. The molecule has 116 valence electrons. The highest BCUT2D eigenvalue weighted by atomic mass is 32.1. The molecule has 5 heteroatoms. The standard InChI is InChI=1S/C17H20N2O2S/c20-17(13-7-10-21-11-13)19-8-5-12(6-9-19)16-18-14-3-1-2-4-15(14)22-16/h1-4,12-13H,5-11H2/t13-/m0/s1. The maximum absolute atomic E-state index is 12.4. The lowest BCUT2D eigenvalue weighted by Crippen LogP contribution is -2.41. The van der Waals surface area contributed by atoms with Crippen LogP contribution in [-0.4, -0.2) is 42.1 Å². The van der Waals surface area contributed by atoms with Gasteiger partial charge in [-0.05, 0) is 31.4 Å². The average molecular weight is 316 g/mol. The zero-order valence-electron chi connectivity index (χ0n) is 12.5. The number of carbonyl (C=O) groups excluding carboxylic acids is 1. The summed E-state index contributed by atoms with van der Waals surface area (Å²) in [6, 6.07) is 8.31. The van der Waals surface area contributed by atoms with Crippen molar-refractivity contribution >= 4 is 27.5 Å². The van der Waals surface area contributed by atoms with E-state index in [0.29, 0.717) is 18.4 Å². The number of piperidine rings is 1. The van der Waals surface area contributed by atoms with Crippen LogP contribution in [0.15, 0.2) is 24.3 Å². The van der Waals surface area contributed by atoms with Gasteiger partial charge in [-0.15, -0.1) is 11.3 Å². The van der Waals surface area contributed by atoms with Crippen LogP contribution in [0.3, 0.4) is 0 Å². The van der Waals surface area contributed by atoms with Gasteiger partial charge in [-0.1, -0.05) is 12.1 Å². The van der Waals surface area contributed by atoms with Gasteiger partial charge in [0.2, 0.25) is 5.91 Å². The van der Waals surface area contributed by atoms with Crippen LogP contribution in [0.5, 0.6) is 0 Å². The topological polar surface area (TPSA) is 42.4 Å². The zero-order valence-corrected chi connectivity index (χ0v) is 13.3. The van der Waals surface area contributed by atoms with Crippen LogP contribution in [0.25, 0.3) is 10.2 Å². The molecular weight excluding hydrogens is 296 g/mol. The first-order chi connectivity index (χ1) is 10.8. The fourth-order valence-corrected chi connectivity index (χ4v) is 4.54. The summed E-state index contributed by atoms with van der Waals surface area (Å²) in [5.74, 6) is 0.889. The molecule has 22 heavy (non-hydrogen) atoms. The Labute approximate surface area is 134 Å². The molecule has 2 aromatic rings. The Morgan fingerprint density at radius 3 is 2.77 bits per heavy atom. The Morgan fingerprint density at radius 1 is 1.23 bits per heavy atom. The number of rotatable bonds is 2. The van der Waals surface area contributed by atoms with Crippen LogP contribution in [-0.2, 0) is 9.53 Å². The van der Waals surface area contributed by atoms with Gasteiger partial charge < -0.3 is 9.64 Å². The Balaban J connectivity index is 1.41. The molecule has 1 aromatic carbocycles. The zero-order chi connectivity index (χ0) is 14.9. The SMILES string of the molecule is O=C([C@H]1CCOC1)N1CCC(c2nc3ccccc3s2)CC1. The van der Waals surface area contributed by atoms with Gasteiger partial charge in [0, 0.05) is 25.6 Å². The maximum Gasteiger partial charge on any atom is 0.228 e. The van der Waals surface area contributed by atoms with Crippen molar-refractivity contribution in [3.63, 3.8) is 0 Å². The van der Waals surface area contributed by atoms with E-state index in [1.54, 1.807) is 11.3 Å². The largest absolute Gasteiger partial charge is 0.381 e. The van der Waals surface area contributed by atoms with E-state index in [1.165, 1.54) is 9.71 Å². The highest BCUT2D eigenvalue weighted by Gasteiger charge is 2.31. The van der Waals surface area contributed by atoms with Crippen molar-refractivity contribution in [2.75, 3.05) is 26.3 Å². The van der Waals surface area contributed by atoms with Crippen LogP contribution < -0.4 is 0 Å². The molecular formula is C17H20N2O2S. The molecule has 0 spiro atoms. The number of ether oxygens (including phenoxy) is 1. The number of aromatic nitrogens is 1. The van der Waals surface area contributed by atoms with Gasteiger partial charge in [-0.25, -0.2) is 4.98 Å². The second-order valence-electron chi connectivity index (χ2n) is 6.18. The number of hydrogen-bond donors (Lipinski definition) is 0. The van der Waals surface area contributed by atoms with Crippen molar-refractivity contribution in [3.8, 4) is 0 Å². The summed E-state index contributed by atoms with van der Waals surface area (Å²) in [6.45, 7) is 3.06. The maximum atomic E-state index is 12.4. The molecule has 2 aliphatic rings. The summed E-state index contributed by atoms with van der Waals surface area (Å²) in [4.78, 5) is 19.2. The lowest BCUT2D eigenvalue weighted by atomic mass is 9.96. The Kier molecular flexibility index (Phi) is 3.84. The molecule has 4 rings (SSSR count). The molecule has 4 nitrogen and oxygen atoms in total. The Bertz CT molecular complexity index is 637. The van der Waals surface area contributed by atoms with Crippen molar-refractivity contribution in [1.29, 1.82) is 0 Å². The Hall–Kier alpha value is -1.46. The van der Waals surface area contributed by atoms with E-state index < -0.39 is 0 Å². The predicted molar refractivity (Wildman–Crippen MR) is 87.1 cm³/mol. The molecule has 0 radical (unpaired) electrons. The third kappa shape index (κ3) is 2.63. The lowest BCUT2D eigenvalue weighted by molar-refractivity contribution is -0.136. The fourth-order valence-electron chi connectivity index (χ4n) is 3.40. The fraction of sp³-hybridized carbons (Fsp3) is 0.529. The molecule has 0 aliphatic carbocycles. The number of amides is 1. The van der Waals surface area contributed by atoms with E-state index >= 15 is 0 Å². The third-order valence-corrected chi connectivity index (χ3v) is 5.94. The van der Waals surface area contributed by atoms with Crippen molar-refractivity contribution in [3.05, 3.63) is 29.3 Å².